The fourth-order valence-corrected chi connectivity index (χ4v) is 2.55. The number of benzene rings is 1. The van der Waals surface area contributed by atoms with Crippen LogP contribution in [0.15, 0.2) is 24.3 Å². The second kappa shape index (κ2) is 5.83. The van der Waals surface area contributed by atoms with E-state index in [1.54, 1.807) is 6.92 Å². The second-order valence-electron chi connectivity index (χ2n) is 4.90. The lowest BCUT2D eigenvalue weighted by atomic mass is 10.0. The zero-order chi connectivity index (χ0) is 13.1. The summed E-state index contributed by atoms with van der Waals surface area (Å²) in [5.41, 5.74) is 1.04. The topological polar surface area (TPSA) is 23.6 Å². The molecule has 18 heavy (non-hydrogen) atoms. The summed E-state index contributed by atoms with van der Waals surface area (Å²) in [6.45, 7) is 5.55. The minimum absolute atomic E-state index is 0.129. The van der Waals surface area contributed by atoms with Gasteiger partial charge in [-0.25, -0.2) is 0 Å². The smallest absolute Gasteiger partial charge is 0.151 e. The van der Waals surface area contributed by atoms with Gasteiger partial charge in [0.1, 0.15) is 0 Å². The molecule has 1 aromatic rings. The van der Waals surface area contributed by atoms with Crippen molar-refractivity contribution in [3.8, 4) is 0 Å². The van der Waals surface area contributed by atoms with Gasteiger partial charge in [0.2, 0.25) is 0 Å². The molecule has 1 fully saturated rings. The summed E-state index contributed by atoms with van der Waals surface area (Å²) in [6.07, 6.45) is 0. The lowest BCUT2D eigenvalue weighted by molar-refractivity contribution is -0.123. The highest BCUT2D eigenvalue weighted by molar-refractivity contribution is 6.30. The van der Waals surface area contributed by atoms with Crippen LogP contribution in [0.3, 0.4) is 0 Å². The van der Waals surface area contributed by atoms with E-state index in [4.69, 9.17) is 11.6 Å². The Bertz CT molecular complexity index is 410. The molecule has 1 unspecified atom stereocenters. The highest BCUT2D eigenvalue weighted by Crippen LogP contribution is 2.24. The van der Waals surface area contributed by atoms with Crippen LogP contribution in [0.25, 0.3) is 0 Å². The summed E-state index contributed by atoms with van der Waals surface area (Å²) in [7, 11) is 2.11. The Hall–Kier alpha value is -0.900. The first-order chi connectivity index (χ1) is 8.58. The molecule has 3 nitrogen and oxygen atoms in total. The van der Waals surface area contributed by atoms with Gasteiger partial charge in [-0.3, -0.25) is 9.69 Å². The Balaban J connectivity index is 2.18. The van der Waals surface area contributed by atoms with Crippen LogP contribution in [0.1, 0.15) is 18.5 Å². The van der Waals surface area contributed by atoms with Crippen molar-refractivity contribution in [1.82, 2.24) is 9.80 Å². The van der Waals surface area contributed by atoms with Gasteiger partial charge in [0.15, 0.2) is 5.78 Å². The Morgan fingerprint density at radius 3 is 2.22 bits per heavy atom. The first kappa shape index (κ1) is 13.5. The van der Waals surface area contributed by atoms with Crippen LogP contribution in [0.5, 0.6) is 0 Å². The Morgan fingerprint density at radius 2 is 1.72 bits per heavy atom. The van der Waals surface area contributed by atoms with Gasteiger partial charge in [0.05, 0.1) is 6.04 Å². The molecule has 1 saturated heterocycles. The van der Waals surface area contributed by atoms with Crippen molar-refractivity contribution in [3.63, 3.8) is 0 Å². The van der Waals surface area contributed by atoms with E-state index in [-0.39, 0.29) is 11.8 Å². The predicted octanol–water partition coefficient (Wildman–Crippen LogP) is 2.22. The van der Waals surface area contributed by atoms with Crippen molar-refractivity contribution in [1.29, 1.82) is 0 Å². The minimum atomic E-state index is -0.129. The van der Waals surface area contributed by atoms with Crippen molar-refractivity contribution in [2.75, 3.05) is 33.2 Å². The number of halogens is 1. The molecule has 1 aliphatic heterocycles. The summed E-state index contributed by atoms with van der Waals surface area (Å²) in [4.78, 5) is 16.5. The third kappa shape index (κ3) is 3.10. The van der Waals surface area contributed by atoms with Crippen LogP contribution in [0.4, 0.5) is 0 Å². The van der Waals surface area contributed by atoms with Gasteiger partial charge >= 0.3 is 0 Å². The highest BCUT2D eigenvalue weighted by Gasteiger charge is 2.27. The molecule has 0 aliphatic carbocycles. The number of carbonyl (C=O) groups excluding carboxylic acids is 1. The maximum atomic E-state index is 11.9. The number of rotatable bonds is 3. The highest BCUT2D eigenvalue weighted by atomic mass is 35.5. The Labute approximate surface area is 113 Å². The van der Waals surface area contributed by atoms with E-state index in [1.165, 1.54) is 0 Å². The fraction of sp³-hybridized carbons (Fsp3) is 0.500. The van der Waals surface area contributed by atoms with Crippen molar-refractivity contribution >= 4 is 17.4 Å². The van der Waals surface area contributed by atoms with Crippen LogP contribution in [-0.2, 0) is 4.79 Å². The van der Waals surface area contributed by atoms with Gasteiger partial charge in [-0.2, -0.15) is 0 Å². The molecule has 0 spiro atoms. The summed E-state index contributed by atoms with van der Waals surface area (Å²) in [5.74, 6) is 0.196. The normalized spacial score (nSPS) is 19.7. The maximum absolute atomic E-state index is 11.9. The van der Waals surface area contributed by atoms with E-state index < -0.39 is 0 Å². The molecule has 1 aromatic carbocycles. The molecule has 2 rings (SSSR count). The van der Waals surface area contributed by atoms with Gasteiger partial charge in [-0.15, -0.1) is 0 Å². The van der Waals surface area contributed by atoms with Gasteiger partial charge < -0.3 is 4.90 Å². The van der Waals surface area contributed by atoms with E-state index in [0.29, 0.717) is 5.02 Å². The Kier molecular flexibility index (Phi) is 4.38. The van der Waals surface area contributed by atoms with Crippen LogP contribution in [0, 0.1) is 0 Å². The average molecular weight is 267 g/mol. The second-order valence-corrected chi connectivity index (χ2v) is 5.34. The number of nitrogens with zero attached hydrogens (tertiary/aromatic N) is 2. The quantitative estimate of drug-likeness (QED) is 0.838. The van der Waals surface area contributed by atoms with E-state index in [0.717, 1.165) is 31.7 Å². The maximum Gasteiger partial charge on any atom is 0.151 e. The average Bonchev–Trinajstić information content (AvgIpc) is 2.34. The van der Waals surface area contributed by atoms with Crippen LogP contribution < -0.4 is 0 Å². The first-order valence-corrected chi connectivity index (χ1v) is 6.64. The van der Waals surface area contributed by atoms with E-state index in [1.807, 2.05) is 24.3 Å². The molecular formula is C14H19ClN2O. The van der Waals surface area contributed by atoms with Crippen LogP contribution >= 0.6 is 11.6 Å². The molecule has 0 radical (unpaired) electrons. The molecule has 1 aliphatic rings. The lowest BCUT2D eigenvalue weighted by Crippen LogP contribution is -2.47. The van der Waals surface area contributed by atoms with E-state index in [2.05, 4.69) is 16.8 Å². The van der Waals surface area contributed by atoms with Crippen LogP contribution in [-0.4, -0.2) is 48.8 Å². The van der Waals surface area contributed by atoms with Crippen LogP contribution in [0.2, 0.25) is 5.02 Å². The summed E-state index contributed by atoms with van der Waals surface area (Å²) >= 11 is 5.90. The summed E-state index contributed by atoms with van der Waals surface area (Å²) in [5, 5.41) is 0.708. The monoisotopic (exact) mass is 266 g/mol. The number of piperazine rings is 1. The lowest BCUT2D eigenvalue weighted by Gasteiger charge is -2.37. The van der Waals surface area contributed by atoms with Gasteiger partial charge in [-0.05, 0) is 31.7 Å². The summed E-state index contributed by atoms with van der Waals surface area (Å²) < 4.78 is 0. The van der Waals surface area contributed by atoms with Gasteiger partial charge in [0, 0.05) is 31.2 Å². The van der Waals surface area contributed by atoms with E-state index >= 15 is 0 Å². The molecule has 0 amide bonds. The molecule has 0 aromatic heterocycles. The standard InChI is InChI=1S/C14H19ClN2O/c1-11(18)14(12-3-5-13(15)6-4-12)17-9-7-16(2)8-10-17/h3-6,14H,7-10H2,1-2H3. The molecule has 1 atom stereocenters. The number of likely N-dealkylation sites (N-methyl/N-ethyl adjacent to an activating group) is 1. The molecule has 4 heteroatoms. The Morgan fingerprint density at radius 1 is 1.17 bits per heavy atom. The number of ketones is 1. The molecule has 0 bridgehead atoms. The molecule has 98 valence electrons. The van der Waals surface area contributed by atoms with Crippen molar-refractivity contribution in [2.45, 2.75) is 13.0 Å². The van der Waals surface area contributed by atoms with Gasteiger partial charge in [-0.1, -0.05) is 23.7 Å². The number of carbonyl (C=O) groups is 1. The van der Waals surface area contributed by atoms with Crippen molar-refractivity contribution in [2.24, 2.45) is 0 Å². The third-order valence-electron chi connectivity index (χ3n) is 3.47. The summed E-state index contributed by atoms with van der Waals surface area (Å²) in [6, 6.07) is 7.47. The molecule has 0 N–H and O–H groups in total. The minimum Gasteiger partial charge on any atom is -0.304 e. The zero-order valence-corrected chi connectivity index (χ0v) is 11.7. The SMILES string of the molecule is CC(=O)C(c1ccc(Cl)cc1)N1CCN(C)CC1. The largest absolute Gasteiger partial charge is 0.304 e. The predicted molar refractivity (Wildman–Crippen MR) is 73.9 cm³/mol. The van der Waals surface area contributed by atoms with E-state index in [9.17, 15) is 4.79 Å². The fourth-order valence-electron chi connectivity index (χ4n) is 2.43. The molecule has 0 saturated carbocycles. The van der Waals surface area contributed by atoms with Crippen molar-refractivity contribution in [3.05, 3.63) is 34.9 Å². The number of hydrogen-bond donors (Lipinski definition) is 0. The first-order valence-electron chi connectivity index (χ1n) is 6.26. The third-order valence-corrected chi connectivity index (χ3v) is 3.73. The van der Waals surface area contributed by atoms with Crippen molar-refractivity contribution < 1.29 is 4.79 Å². The molecular weight excluding hydrogens is 248 g/mol. The van der Waals surface area contributed by atoms with Gasteiger partial charge in [0.25, 0.3) is 0 Å². The zero-order valence-electron chi connectivity index (χ0n) is 10.9. The number of Topliss-reactive ketones (excluding diaryl/α,β-unsaturated/α-hetero) is 1. The molecule has 1 heterocycles. The number of hydrogen-bond acceptors (Lipinski definition) is 3.